The summed E-state index contributed by atoms with van der Waals surface area (Å²) in [5.74, 6) is -0.896. The Morgan fingerprint density at radius 3 is 2.62 bits per heavy atom. The number of aromatic nitrogens is 3. The zero-order chi connectivity index (χ0) is 34.5. The van der Waals surface area contributed by atoms with Crippen LogP contribution in [0.15, 0.2) is 47.8 Å². The van der Waals surface area contributed by atoms with Crippen LogP contribution < -0.4 is 15.5 Å². The molecule has 0 aliphatic carbocycles. The minimum atomic E-state index is -1.11. The number of aliphatic hydroxyl groups is 1. The van der Waals surface area contributed by atoms with Crippen molar-refractivity contribution in [3.63, 3.8) is 0 Å². The van der Waals surface area contributed by atoms with E-state index in [0.29, 0.717) is 23.4 Å². The van der Waals surface area contributed by atoms with E-state index >= 15 is 4.39 Å². The van der Waals surface area contributed by atoms with Gasteiger partial charge in [-0.05, 0) is 78.1 Å². The van der Waals surface area contributed by atoms with E-state index < -0.39 is 28.9 Å². The number of carbonyl (C=O) groups is 1. The van der Waals surface area contributed by atoms with Crippen LogP contribution >= 0.6 is 0 Å². The van der Waals surface area contributed by atoms with Crippen LogP contribution in [-0.2, 0) is 4.74 Å². The van der Waals surface area contributed by atoms with Crippen LogP contribution in [0.3, 0.4) is 0 Å². The lowest BCUT2D eigenvalue weighted by Crippen LogP contribution is -2.46. The lowest BCUT2D eigenvalue weighted by atomic mass is 9.96. The number of nitrogens with one attached hydrogen (secondary N) is 3. The van der Waals surface area contributed by atoms with E-state index in [1.807, 2.05) is 6.07 Å². The molecule has 250 valence electrons. The first-order valence-electron chi connectivity index (χ1n) is 15.7. The molecule has 1 amide bonds. The quantitative estimate of drug-likeness (QED) is 0.152. The molecule has 2 aliphatic rings. The highest BCUT2D eigenvalue weighted by Gasteiger charge is 2.48. The normalized spacial score (nSPS) is 19.0. The number of amides is 1. The molecular formula is C34H37F2N9O3. The smallest absolute Gasteiger partial charge is 0.407 e. The van der Waals surface area contributed by atoms with Crippen molar-refractivity contribution in [3.05, 3.63) is 59.9 Å². The van der Waals surface area contributed by atoms with E-state index in [1.165, 1.54) is 24.3 Å². The Morgan fingerprint density at radius 1 is 1.19 bits per heavy atom. The molecule has 0 radical (unpaired) electrons. The van der Waals surface area contributed by atoms with Crippen molar-refractivity contribution in [1.82, 2.24) is 19.7 Å². The fraction of sp³-hybridized carbons (Fsp3) is 0.412. The average molecular weight is 658 g/mol. The van der Waals surface area contributed by atoms with Crippen molar-refractivity contribution >= 4 is 28.9 Å². The predicted molar refractivity (Wildman–Crippen MR) is 175 cm³/mol. The number of ether oxygens (including phenoxy) is 1. The van der Waals surface area contributed by atoms with E-state index in [1.54, 1.807) is 57.5 Å². The number of carbonyl (C=O) groups excluding carboxylic acids is 1. The highest BCUT2D eigenvalue weighted by molar-refractivity contribution is 5.87. The van der Waals surface area contributed by atoms with Crippen molar-refractivity contribution in [2.45, 2.75) is 83.2 Å². The molecule has 12 nitrogen and oxygen atoms in total. The third-order valence-corrected chi connectivity index (χ3v) is 8.54. The monoisotopic (exact) mass is 657 g/mol. The molecule has 14 heteroatoms. The number of nitriles is 1. The van der Waals surface area contributed by atoms with Crippen LogP contribution in [0.2, 0.25) is 0 Å². The lowest BCUT2D eigenvalue weighted by Gasteiger charge is -2.27. The summed E-state index contributed by atoms with van der Waals surface area (Å²) in [6.07, 6.45) is 5.08. The predicted octanol–water partition coefficient (Wildman–Crippen LogP) is 6.69. The summed E-state index contributed by atoms with van der Waals surface area (Å²) in [5.41, 5.74) is 7.49. The van der Waals surface area contributed by atoms with Gasteiger partial charge in [-0.15, -0.1) is 0 Å². The standard InChI is InChI=1S/C34H37F2N9O3/c1-33(2,3)48-32(46)41-26-13-20-8-9-27(26)45(20)30-31-42-28(18-6-7-19(16-37)22(35)12-18)29(44(31)11-10-39-30)21-14-25(43-38)24(15-23(21)36)40-17-34(4,5)47/h6-7,10-12,14-15,20,26-27,38,40,47H,8-9,13,17H2,1-5H3,(H,41,46)/t20-,26+,27-/m1/s1. The lowest BCUT2D eigenvalue weighted by molar-refractivity contribution is 0.0497. The molecule has 4 aromatic rings. The first-order valence-corrected chi connectivity index (χ1v) is 15.7. The third-order valence-electron chi connectivity index (χ3n) is 8.54. The maximum Gasteiger partial charge on any atom is 0.407 e. The number of hydrogen-bond acceptors (Lipinski definition) is 10. The average Bonchev–Trinajstić information content (AvgIpc) is 3.69. The second-order valence-electron chi connectivity index (χ2n) is 13.9. The molecule has 0 spiro atoms. The largest absolute Gasteiger partial charge is 0.444 e. The van der Waals surface area contributed by atoms with Gasteiger partial charge in [-0.2, -0.15) is 10.4 Å². The Labute approximate surface area is 276 Å². The summed E-state index contributed by atoms with van der Waals surface area (Å²) >= 11 is 0. The second kappa shape index (κ2) is 12.1. The van der Waals surface area contributed by atoms with Gasteiger partial charge in [-0.3, -0.25) is 4.40 Å². The van der Waals surface area contributed by atoms with Crippen molar-refractivity contribution in [2.75, 3.05) is 16.8 Å². The number of halogens is 2. The van der Waals surface area contributed by atoms with Crippen molar-refractivity contribution in [2.24, 2.45) is 5.11 Å². The number of hydrogen-bond donors (Lipinski definition) is 4. The Kier molecular flexibility index (Phi) is 8.28. The number of nitrogens with zero attached hydrogens (tertiary/aromatic N) is 6. The summed E-state index contributed by atoms with van der Waals surface area (Å²) in [6.45, 7) is 8.69. The second-order valence-corrected chi connectivity index (χ2v) is 13.9. The molecule has 2 fully saturated rings. The SMILES string of the molecule is CC(C)(O)CNc1cc(F)c(-c2c(-c3ccc(C#N)c(F)c3)nc3c(N4[C@@H]5CC[C@@H]4[C@@H](NC(=O)OC(C)(C)C)C5)nccn23)cc1N=N. The first kappa shape index (κ1) is 32.8. The van der Waals surface area contributed by atoms with E-state index in [0.717, 1.165) is 12.8 Å². The molecule has 2 aromatic carbocycles. The number of imidazole rings is 1. The summed E-state index contributed by atoms with van der Waals surface area (Å²) in [6, 6.07) is 8.27. The van der Waals surface area contributed by atoms with E-state index in [9.17, 15) is 19.6 Å². The highest BCUT2D eigenvalue weighted by Crippen LogP contribution is 2.45. The number of anilines is 2. The molecule has 2 aromatic heterocycles. The van der Waals surface area contributed by atoms with E-state index in [-0.39, 0.29) is 58.6 Å². The number of rotatable bonds is 8. The summed E-state index contributed by atoms with van der Waals surface area (Å²) in [5, 5.41) is 29.1. The molecule has 0 saturated carbocycles. The van der Waals surface area contributed by atoms with Gasteiger partial charge in [0, 0.05) is 36.1 Å². The van der Waals surface area contributed by atoms with Gasteiger partial charge in [-0.1, -0.05) is 6.07 Å². The summed E-state index contributed by atoms with van der Waals surface area (Å²) in [4.78, 5) is 24.4. The van der Waals surface area contributed by atoms with Crippen LogP contribution in [0, 0.1) is 28.5 Å². The molecule has 0 unspecified atom stereocenters. The molecule has 2 bridgehead atoms. The summed E-state index contributed by atoms with van der Waals surface area (Å²) < 4.78 is 38.3. The van der Waals surface area contributed by atoms with Crippen LogP contribution in [-0.4, -0.2) is 61.4 Å². The van der Waals surface area contributed by atoms with E-state index in [2.05, 4.69) is 20.6 Å². The van der Waals surface area contributed by atoms with E-state index in [4.69, 9.17) is 20.2 Å². The van der Waals surface area contributed by atoms with Gasteiger partial charge in [0.25, 0.3) is 0 Å². The Hall–Kier alpha value is -5.16. The van der Waals surface area contributed by atoms with Crippen molar-refractivity contribution < 1.29 is 23.4 Å². The summed E-state index contributed by atoms with van der Waals surface area (Å²) in [7, 11) is 0. The third kappa shape index (κ3) is 6.25. The molecule has 6 rings (SSSR count). The molecule has 3 atom stereocenters. The highest BCUT2D eigenvalue weighted by atomic mass is 19.1. The maximum atomic E-state index is 16.2. The fourth-order valence-electron chi connectivity index (χ4n) is 6.58. The number of benzene rings is 2. The molecule has 4 heterocycles. The van der Waals surface area contributed by atoms with Gasteiger partial charge in [0.15, 0.2) is 11.5 Å². The molecule has 2 saturated heterocycles. The Bertz CT molecular complexity index is 1960. The molecule has 48 heavy (non-hydrogen) atoms. The molecule has 2 aliphatic heterocycles. The topological polar surface area (TPSA) is 164 Å². The van der Waals surface area contributed by atoms with Crippen LogP contribution in [0.5, 0.6) is 0 Å². The van der Waals surface area contributed by atoms with Gasteiger partial charge >= 0.3 is 6.09 Å². The van der Waals surface area contributed by atoms with Gasteiger partial charge in [0.1, 0.15) is 29.0 Å². The van der Waals surface area contributed by atoms with Gasteiger partial charge in [-0.25, -0.2) is 29.1 Å². The Balaban J connectivity index is 1.49. The molecule has 4 N–H and O–H groups in total. The first-order chi connectivity index (χ1) is 22.7. The molecular weight excluding hydrogens is 620 g/mol. The van der Waals surface area contributed by atoms with Gasteiger partial charge in [0.05, 0.1) is 40.3 Å². The fourth-order valence-corrected chi connectivity index (χ4v) is 6.58. The Morgan fingerprint density at radius 2 is 1.96 bits per heavy atom. The number of fused-ring (bicyclic) bond motifs is 3. The van der Waals surface area contributed by atoms with Gasteiger partial charge < -0.3 is 25.4 Å². The minimum Gasteiger partial charge on any atom is -0.444 e. The van der Waals surface area contributed by atoms with Gasteiger partial charge in [0.2, 0.25) is 0 Å². The number of alkyl carbamates (subject to hydrolysis) is 1. The van der Waals surface area contributed by atoms with Crippen molar-refractivity contribution in [3.8, 4) is 28.6 Å². The van der Waals surface area contributed by atoms with Crippen LogP contribution in [0.1, 0.15) is 59.4 Å². The minimum absolute atomic E-state index is 0.0492. The zero-order valence-corrected chi connectivity index (χ0v) is 27.3. The zero-order valence-electron chi connectivity index (χ0n) is 27.3. The van der Waals surface area contributed by atoms with Crippen LogP contribution in [0.25, 0.3) is 28.2 Å². The maximum absolute atomic E-state index is 16.2. The van der Waals surface area contributed by atoms with Crippen LogP contribution in [0.4, 0.5) is 30.8 Å². The van der Waals surface area contributed by atoms with Crippen molar-refractivity contribution in [1.29, 1.82) is 10.8 Å².